The van der Waals surface area contributed by atoms with Crippen LogP contribution in [0, 0.1) is 0 Å². The molecule has 2 aromatic rings. The van der Waals surface area contributed by atoms with Crippen molar-refractivity contribution >= 4 is 35.6 Å². The van der Waals surface area contributed by atoms with Gasteiger partial charge in [0.25, 0.3) is 11.8 Å². The van der Waals surface area contributed by atoms with Crippen molar-refractivity contribution in [2.75, 3.05) is 12.4 Å². The summed E-state index contributed by atoms with van der Waals surface area (Å²) in [5.74, 6) is -0.858. The summed E-state index contributed by atoms with van der Waals surface area (Å²) in [6.07, 6.45) is 1.46. The van der Waals surface area contributed by atoms with E-state index in [1.807, 2.05) is 30.3 Å². The van der Waals surface area contributed by atoms with Gasteiger partial charge in [0, 0.05) is 18.3 Å². The number of carbonyl (C=O) groups excluding carboxylic acids is 3. The van der Waals surface area contributed by atoms with Gasteiger partial charge >= 0.3 is 0 Å². The average molecular weight is 392 g/mol. The van der Waals surface area contributed by atoms with Crippen LogP contribution in [0.15, 0.2) is 64.7 Å². The maximum absolute atomic E-state index is 12.3. The van der Waals surface area contributed by atoms with Crippen LogP contribution in [0.2, 0.25) is 0 Å². The fourth-order valence-electron chi connectivity index (χ4n) is 2.62. The van der Waals surface area contributed by atoms with Gasteiger partial charge in [0.05, 0.1) is 12.6 Å². The first-order valence-electron chi connectivity index (χ1n) is 8.90. The quantitative estimate of drug-likeness (QED) is 0.430. The summed E-state index contributed by atoms with van der Waals surface area (Å²) in [5.41, 5.74) is 4.42. The number of benzene rings is 2. The molecule has 0 radical (unpaired) electrons. The molecule has 2 aromatic carbocycles. The van der Waals surface area contributed by atoms with Crippen LogP contribution in [0.4, 0.5) is 5.69 Å². The van der Waals surface area contributed by atoms with Crippen LogP contribution in [-0.2, 0) is 9.59 Å². The molecular formula is C20H20N6O3. The zero-order valence-electron chi connectivity index (χ0n) is 15.7. The molecule has 1 atom stereocenters. The Hall–Kier alpha value is -4.01. The van der Waals surface area contributed by atoms with Crippen molar-refractivity contribution in [2.45, 2.75) is 12.5 Å². The second-order valence-corrected chi connectivity index (χ2v) is 6.18. The number of hydrogen-bond donors (Lipinski definition) is 4. The van der Waals surface area contributed by atoms with E-state index in [-0.39, 0.29) is 18.3 Å². The molecule has 1 heterocycles. The largest absolute Gasteiger partial charge is 0.355 e. The van der Waals surface area contributed by atoms with Crippen LogP contribution >= 0.6 is 0 Å². The lowest BCUT2D eigenvalue weighted by atomic mass is 10.1. The zero-order valence-corrected chi connectivity index (χ0v) is 15.7. The van der Waals surface area contributed by atoms with Gasteiger partial charge in [-0.15, -0.1) is 0 Å². The number of aliphatic imine (C=N–C) groups is 1. The molecule has 29 heavy (non-hydrogen) atoms. The molecular weight excluding hydrogens is 372 g/mol. The fourth-order valence-corrected chi connectivity index (χ4v) is 2.62. The Balaban J connectivity index is 1.55. The molecule has 9 heteroatoms. The monoisotopic (exact) mass is 392 g/mol. The molecule has 0 spiro atoms. The minimum Gasteiger partial charge on any atom is -0.355 e. The highest BCUT2D eigenvalue weighted by atomic mass is 16.2. The molecule has 3 rings (SSSR count). The van der Waals surface area contributed by atoms with E-state index in [1.165, 1.54) is 7.05 Å². The van der Waals surface area contributed by atoms with E-state index >= 15 is 0 Å². The lowest BCUT2D eigenvalue weighted by Crippen LogP contribution is -2.35. The van der Waals surface area contributed by atoms with Gasteiger partial charge < -0.3 is 10.6 Å². The van der Waals surface area contributed by atoms with E-state index in [1.54, 1.807) is 30.5 Å². The third-order valence-electron chi connectivity index (χ3n) is 4.03. The summed E-state index contributed by atoms with van der Waals surface area (Å²) in [4.78, 5) is 40.1. The van der Waals surface area contributed by atoms with Crippen LogP contribution < -0.4 is 21.4 Å². The summed E-state index contributed by atoms with van der Waals surface area (Å²) in [7, 11) is 1.53. The summed E-state index contributed by atoms with van der Waals surface area (Å²) in [5, 5.41) is 11.7. The van der Waals surface area contributed by atoms with Crippen molar-refractivity contribution < 1.29 is 14.4 Å². The van der Waals surface area contributed by atoms with Crippen molar-refractivity contribution in [3.63, 3.8) is 0 Å². The summed E-state index contributed by atoms with van der Waals surface area (Å²) >= 11 is 0. The highest BCUT2D eigenvalue weighted by molar-refractivity contribution is 6.07. The van der Waals surface area contributed by atoms with Gasteiger partial charge in [-0.3, -0.25) is 19.7 Å². The number of amides is 3. The zero-order chi connectivity index (χ0) is 20.6. The average Bonchev–Trinajstić information content (AvgIpc) is 3.07. The summed E-state index contributed by atoms with van der Waals surface area (Å²) in [6.45, 7) is 0. The third-order valence-corrected chi connectivity index (χ3v) is 4.03. The molecule has 148 valence electrons. The lowest BCUT2D eigenvalue weighted by Gasteiger charge is -2.08. The maximum Gasteiger partial charge on any atom is 0.252 e. The molecule has 0 aromatic heterocycles. The van der Waals surface area contributed by atoms with Crippen molar-refractivity contribution in [3.05, 3.63) is 65.7 Å². The number of nitrogens with one attached hydrogen (secondary N) is 4. The molecule has 0 fully saturated rings. The molecule has 1 unspecified atom stereocenters. The van der Waals surface area contributed by atoms with Crippen molar-refractivity contribution in [1.82, 2.24) is 16.1 Å². The van der Waals surface area contributed by atoms with Gasteiger partial charge in [-0.1, -0.05) is 36.4 Å². The number of nitrogens with zero attached hydrogens (tertiary/aromatic N) is 2. The Kier molecular flexibility index (Phi) is 6.31. The normalized spacial score (nSPS) is 15.6. The Morgan fingerprint density at radius 2 is 1.97 bits per heavy atom. The fraction of sp³-hybridized carbons (Fsp3) is 0.150. The number of hydrazone groups is 1. The molecule has 3 amide bonds. The van der Waals surface area contributed by atoms with E-state index < -0.39 is 17.9 Å². The smallest absolute Gasteiger partial charge is 0.252 e. The Bertz CT molecular complexity index is 971. The predicted molar refractivity (Wildman–Crippen MR) is 110 cm³/mol. The Labute approximate surface area is 167 Å². The first-order chi connectivity index (χ1) is 14.0. The van der Waals surface area contributed by atoms with E-state index in [4.69, 9.17) is 0 Å². The molecule has 0 saturated heterocycles. The topological polar surface area (TPSA) is 124 Å². The second-order valence-electron chi connectivity index (χ2n) is 6.18. The molecule has 1 aliphatic rings. The van der Waals surface area contributed by atoms with Crippen molar-refractivity contribution in [2.24, 2.45) is 10.1 Å². The van der Waals surface area contributed by atoms with Crippen LogP contribution in [0.1, 0.15) is 22.3 Å². The van der Waals surface area contributed by atoms with Gasteiger partial charge in [0.2, 0.25) is 11.9 Å². The predicted octanol–water partition coefficient (Wildman–Crippen LogP) is 0.853. The first-order valence-corrected chi connectivity index (χ1v) is 8.90. The number of anilines is 1. The van der Waals surface area contributed by atoms with E-state index in [0.717, 1.165) is 5.56 Å². The maximum atomic E-state index is 12.3. The lowest BCUT2D eigenvalue weighted by molar-refractivity contribution is -0.123. The Morgan fingerprint density at radius 3 is 2.72 bits per heavy atom. The number of guanidine groups is 1. The van der Waals surface area contributed by atoms with Gasteiger partial charge in [0.1, 0.15) is 6.04 Å². The summed E-state index contributed by atoms with van der Waals surface area (Å²) in [6, 6.07) is 15.1. The second kappa shape index (κ2) is 9.27. The first kappa shape index (κ1) is 19.7. The molecule has 0 bridgehead atoms. The SMILES string of the molecule is CNC(=O)c1cccc(NC(=O)CC2N=C(N/N=C/c3ccccc3)NC2=O)c1. The number of rotatable bonds is 6. The minimum absolute atomic E-state index is 0.135. The molecule has 1 aliphatic heterocycles. The van der Waals surface area contributed by atoms with Gasteiger partial charge in [-0.25, -0.2) is 10.4 Å². The van der Waals surface area contributed by atoms with Crippen LogP contribution in [-0.4, -0.2) is 43.0 Å². The Morgan fingerprint density at radius 1 is 1.17 bits per heavy atom. The standard InChI is InChI=1S/C20H20N6O3/c1-21-18(28)14-8-5-9-15(10-14)23-17(27)11-16-19(29)25-20(24-16)26-22-12-13-6-3-2-4-7-13/h2-10,12,16H,11H2,1H3,(H,21,28)(H,23,27)(H2,24,25,26,29)/b22-12+. The van der Waals surface area contributed by atoms with Gasteiger partial charge in [-0.05, 0) is 23.8 Å². The molecule has 4 N–H and O–H groups in total. The third kappa shape index (κ3) is 5.48. The molecule has 9 nitrogen and oxygen atoms in total. The molecule has 0 aliphatic carbocycles. The van der Waals surface area contributed by atoms with Gasteiger partial charge in [-0.2, -0.15) is 5.10 Å². The number of carbonyl (C=O) groups is 3. The molecule has 0 saturated carbocycles. The van der Waals surface area contributed by atoms with Crippen LogP contribution in [0.5, 0.6) is 0 Å². The van der Waals surface area contributed by atoms with E-state index in [0.29, 0.717) is 11.3 Å². The van der Waals surface area contributed by atoms with Crippen LogP contribution in [0.25, 0.3) is 0 Å². The van der Waals surface area contributed by atoms with Crippen molar-refractivity contribution in [3.8, 4) is 0 Å². The minimum atomic E-state index is -0.855. The number of hydrogen-bond acceptors (Lipinski definition) is 6. The van der Waals surface area contributed by atoms with Crippen molar-refractivity contribution in [1.29, 1.82) is 0 Å². The van der Waals surface area contributed by atoms with E-state index in [2.05, 4.69) is 31.5 Å². The van der Waals surface area contributed by atoms with E-state index in [9.17, 15) is 14.4 Å². The van der Waals surface area contributed by atoms with Crippen LogP contribution in [0.3, 0.4) is 0 Å². The highest BCUT2D eigenvalue weighted by Crippen LogP contribution is 2.13. The summed E-state index contributed by atoms with van der Waals surface area (Å²) < 4.78 is 0. The highest BCUT2D eigenvalue weighted by Gasteiger charge is 2.28. The van der Waals surface area contributed by atoms with Gasteiger partial charge in [0.15, 0.2) is 0 Å².